The van der Waals surface area contributed by atoms with E-state index in [2.05, 4.69) is 311 Å². The van der Waals surface area contributed by atoms with Crippen LogP contribution in [0, 0.1) is 0 Å². The van der Waals surface area contributed by atoms with Crippen molar-refractivity contribution < 1.29 is 4.74 Å². The van der Waals surface area contributed by atoms with E-state index in [9.17, 15) is 0 Å². The summed E-state index contributed by atoms with van der Waals surface area (Å²) in [5, 5.41) is 2.40. The number of benzene rings is 11. The van der Waals surface area contributed by atoms with Crippen LogP contribution in [-0.4, -0.2) is 18.0 Å². The summed E-state index contributed by atoms with van der Waals surface area (Å²) in [6, 6.07) is 93.3. The zero-order valence-corrected chi connectivity index (χ0v) is 44.3. The standard InChI is InChI=1S/C72H51B2N5O/c1-3-26-48(4-2)75(49-27-10-5-11-28-49)54-43-65-70-68(44-54)80-67-47-63-58(45-59(67)74(70)57-39-22-25-42-62(57)77(65)52-33-16-8-17-34-52)73-56-38-21-24-41-61(56)78(53-35-18-9-19-36-53)66-46-64(69-55-37-20-23-40-60(55)79(63)72(69)71(66)73)76(50-29-12-6-13-30-50)51-31-14-7-15-32-51/h3-47H,1-2H3/b26-3-,48-4+. The molecule has 5 heterocycles. The van der Waals surface area contributed by atoms with Crippen LogP contribution >= 0.6 is 0 Å². The van der Waals surface area contributed by atoms with Gasteiger partial charge in [0, 0.05) is 85.5 Å². The Morgan fingerprint density at radius 1 is 0.425 bits per heavy atom. The van der Waals surface area contributed by atoms with Crippen LogP contribution in [0.2, 0.25) is 0 Å². The van der Waals surface area contributed by atoms with E-state index in [0.29, 0.717) is 0 Å². The summed E-state index contributed by atoms with van der Waals surface area (Å²) in [7, 11) is 0. The summed E-state index contributed by atoms with van der Waals surface area (Å²) in [6.07, 6.45) is 6.49. The maximum absolute atomic E-state index is 7.67. The smallest absolute Gasteiger partial charge is 0.256 e. The van der Waals surface area contributed by atoms with Crippen LogP contribution in [0.25, 0.3) is 27.5 Å². The Kier molecular flexibility index (Phi) is 10.5. The summed E-state index contributed by atoms with van der Waals surface area (Å²) >= 11 is 0. The van der Waals surface area contributed by atoms with Gasteiger partial charge in [0.25, 0.3) is 13.4 Å². The third-order valence-corrected chi connectivity index (χ3v) is 16.8. The molecule has 0 N–H and O–H groups in total. The van der Waals surface area contributed by atoms with Crippen molar-refractivity contribution in [2.75, 3.05) is 19.6 Å². The van der Waals surface area contributed by atoms with Crippen LogP contribution in [0.15, 0.2) is 279 Å². The van der Waals surface area contributed by atoms with Crippen molar-refractivity contribution in [2.45, 2.75) is 13.8 Å². The second kappa shape index (κ2) is 18.2. The summed E-state index contributed by atoms with van der Waals surface area (Å²) < 4.78 is 10.2. The Morgan fingerprint density at radius 3 is 1.55 bits per heavy atom. The molecular formula is C72H51B2N5O. The molecule has 0 fully saturated rings. The van der Waals surface area contributed by atoms with Crippen molar-refractivity contribution >= 4 is 131 Å². The molecule has 11 aromatic carbocycles. The molecule has 16 rings (SSSR count). The van der Waals surface area contributed by atoms with Gasteiger partial charge in [-0.1, -0.05) is 164 Å². The first-order valence-corrected chi connectivity index (χ1v) is 27.7. The van der Waals surface area contributed by atoms with E-state index in [1.165, 1.54) is 43.8 Å². The second-order valence-corrected chi connectivity index (χ2v) is 21.0. The van der Waals surface area contributed by atoms with Crippen LogP contribution in [0.3, 0.4) is 0 Å². The van der Waals surface area contributed by atoms with Crippen molar-refractivity contribution in [1.29, 1.82) is 0 Å². The van der Waals surface area contributed by atoms with Crippen molar-refractivity contribution in [2.24, 2.45) is 0 Å². The van der Waals surface area contributed by atoms with Gasteiger partial charge < -0.3 is 28.9 Å². The van der Waals surface area contributed by atoms with Gasteiger partial charge in [-0.2, -0.15) is 0 Å². The fourth-order valence-corrected chi connectivity index (χ4v) is 13.7. The summed E-state index contributed by atoms with van der Waals surface area (Å²) in [5.74, 6) is 1.70. The van der Waals surface area contributed by atoms with Gasteiger partial charge in [-0.15, -0.1) is 0 Å². The molecule has 376 valence electrons. The van der Waals surface area contributed by atoms with Crippen molar-refractivity contribution in [3.8, 4) is 17.2 Å². The van der Waals surface area contributed by atoms with E-state index in [4.69, 9.17) is 4.74 Å². The minimum atomic E-state index is -0.143. The van der Waals surface area contributed by atoms with Gasteiger partial charge in [-0.05, 0) is 144 Å². The minimum absolute atomic E-state index is 0.120. The zero-order chi connectivity index (χ0) is 53.0. The lowest BCUT2D eigenvalue weighted by atomic mass is 9.31. The maximum atomic E-state index is 7.67. The van der Waals surface area contributed by atoms with Crippen LogP contribution in [0.1, 0.15) is 13.8 Å². The largest absolute Gasteiger partial charge is 0.458 e. The number of hydrogen-bond acceptors (Lipinski definition) is 5. The molecule has 6 nitrogen and oxygen atoms in total. The van der Waals surface area contributed by atoms with Crippen LogP contribution in [-0.2, 0) is 0 Å². The van der Waals surface area contributed by atoms with E-state index >= 15 is 0 Å². The van der Waals surface area contributed by atoms with Gasteiger partial charge >= 0.3 is 0 Å². The molecule has 12 aromatic rings. The van der Waals surface area contributed by atoms with E-state index in [0.717, 1.165) is 96.2 Å². The Balaban J connectivity index is 1.02. The topological polar surface area (TPSA) is 27.1 Å². The number of allylic oxidation sites excluding steroid dienone is 3. The number of ether oxygens (including phenoxy) is 1. The molecule has 1 aromatic heterocycles. The average molecular weight is 1020 g/mol. The Bertz CT molecular complexity index is 4470. The highest BCUT2D eigenvalue weighted by Crippen LogP contribution is 2.51. The van der Waals surface area contributed by atoms with Crippen LogP contribution in [0.4, 0.5) is 62.6 Å². The second-order valence-electron chi connectivity index (χ2n) is 21.0. The van der Waals surface area contributed by atoms with Gasteiger partial charge in [0.15, 0.2) is 0 Å². The fourth-order valence-electron chi connectivity index (χ4n) is 13.7. The molecule has 0 saturated heterocycles. The van der Waals surface area contributed by atoms with Gasteiger partial charge in [-0.25, -0.2) is 0 Å². The highest BCUT2D eigenvalue weighted by atomic mass is 16.5. The molecule has 8 heteroatoms. The Morgan fingerprint density at radius 2 is 0.950 bits per heavy atom. The fraction of sp³-hybridized carbons (Fsp3) is 0.0278. The first kappa shape index (κ1) is 46.0. The molecule has 0 spiro atoms. The summed E-state index contributed by atoms with van der Waals surface area (Å²) in [6.45, 7) is 3.93. The first-order valence-electron chi connectivity index (χ1n) is 27.7. The molecular weight excluding hydrogens is 972 g/mol. The molecule has 4 aliphatic rings. The predicted molar refractivity (Wildman–Crippen MR) is 338 cm³/mol. The summed E-state index contributed by atoms with van der Waals surface area (Å²) in [5.41, 5.74) is 24.0. The monoisotopic (exact) mass is 1020 g/mol. The third kappa shape index (κ3) is 6.75. The number of anilines is 11. The van der Waals surface area contributed by atoms with Gasteiger partial charge in [0.2, 0.25) is 0 Å². The lowest BCUT2D eigenvalue weighted by molar-refractivity contribution is 0.487. The molecule has 0 amide bonds. The molecule has 4 aliphatic heterocycles. The highest BCUT2D eigenvalue weighted by Gasteiger charge is 2.47. The molecule has 0 saturated carbocycles. The number of aromatic nitrogens is 1. The number of hydrogen-bond donors (Lipinski definition) is 0. The normalized spacial score (nSPS) is 13.4. The highest BCUT2D eigenvalue weighted by molar-refractivity contribution is 7.02. The Labute approximate surface area is 466 Å². The Hall–Kier alpha value is -10.2. The molecule has 0 radical (unpaired) electrons. The van der Waals surface area contributed by atoms with Crippen molar-refractivity contribution in [1.82, 2.24) is 4.57 Å². The van der Waals surface area contributed by atoms with Gasteiger partial charge in [-0.3, -0.25) is 0 Å². The van der Waals surface area contributed by atoms with Crippen LogP contribution in [0.5, 0.6) is 11.5 Å². The van der Waals surface area contributed by atoms with Gasteiger partial charge in [0.1, 0.15) is 11.5 Å². The lowest BCUT2D eigenvalue weighted by Gasteiger charge is -2.43. The number of rotatable bonds is 9. The molecule has 0 unspecified atom stereocenters. The average Bonchev–Trinajstić information content (AvgIpc) is 2.47. The lowest BCUT2D eigenvalue weighted by Crippen LogP contribution is -2.63. The predicted octanol–water partition coefficient (Wildman–Crippen LogP) is 14.9. The van der Waals surface area contributed by atoms with Crippen molar-refractivity contribution in [3.63, 3.8) is 0 Å². The van der Waals surface area contributed by atoms with E-state index < -0.39 is 0 Å². The third-order valence-electron chi connectivity index (χ3n) is 16.8. The number of nitrogens with zero attached hydrogens (tertiary/aromatic N) is 5. The minimum Gasteiger partial charge on any atom is -0.458 e. The maximum Gasteiger partial charge on any atom is 0.256 e. The molecule has 0 atom stereocenters. The number of para-hydroxylation sites is 8. The first-order chi connectivity index (χ1) is 39.7. The SMILES string of the molecule is C/C=C\C(=C/C)N(c1ccccc1)c1cc2c3c(c1)N(c1ccccc1)c1ccccc1B3c1cc3c(cc1O2)-n1c2ccccc2c2c(N(c4ccccc4)c4ccccc4)cc4c(c21)B3c1ccccc1N4c1ccccc1. The molecule has 0 bridgehead atoms. The number of fused-ring (bicyclic) bond motifs is 12. The van der Waals surface area contributed by atoms with Gasteiger partial charge in [0.05, 0.1) is 22.4 Å². The quantitative estimate of drug-likeness (QED) is 0.106. The zero-order valence-electron chi connectivity index (χ0n) is 44.3. The summed E-state index contributed by atoms with van der Waals surface area (Å²) in [4.78, 5) is 9.76. The van der Waals surface area contributed by atoms with E-state index in [1.807, 2.05) is 0 Å². The van der Waals surface area contributed by atoms with Crippen LogP contribution < -0.4 is 57.1 Å². The molecule has 0 aliphatic carbocycles. The van der Waals surface area contributed by atoms with E-state index in [1.54, 1.807) is 0 Å². The molecule has 80 heavy (non-hydrogen) atoms. The van der Waals surface area contributed by atoms with E-state index in [-0.39, 0.29) is 13.4 Å². The van der Waals surface area contributed by atoms with Crippen molar-refractivity contribution in [3.05, 3.63) is 279 Å².